The number of benzene rings is 1. The third-order valence-electron chi connectivity index (χ3n) is 3.88. The number of hydrogen-bond acceptors (Lipinski definition) is 3. The van der Waals surface area contributed by atoms with Gasteiger partial charge >= 0.3 is 0 Å². The van der Waals surface area contributed by atoms with Gasteiger partial charge in [-0.2, -0.15) is 11.3 Å². The number of carbonyl (C=O) groups is 1. The fourth-order valence-corrected chi connectivity index (χ4v) is 3.31. The van der Waals surface area contributed by atoms with E-state index in [-0.39, 0.29) is 5.91 Å². The summed E-state index contributed by atoms with van der Waals surface area (Å²) in [7, 11) is 0. The van der Waals surface area contributed by atoms with Crippen LogP contribution in [0.2, 0.25) is 0 Å². The van der Waals surface area contributed by atoms with Gasteiger partial charge in [0.15, 0.2) is 0 Å². The van der Waals surface area contributed by atoms with Crippen molar-refractivity contribution in [2.75, 3.05) is 19.7 Å². The lowest BCUT2D eigenvalue weighted by Gasteiger charge is -2.16. The van der Waals surface area contributed by atoms with E-state index in [9.17, 15) is 4.79 Å². The van der Waals surface area contributed by atoms with Crippen LogP contribution in [0, 0.1) is 5.92 Å². The Kier molecular flexibility index (Phi) is 4.55. The lowest BCUT2D eigenvalue weighted by Crippen LogP contribution is -2.28. The molecule has 0 radical (unpaired) electrons. The van der Waals surface area contributed by atoms with E-state index in [0.717, 1.165) is 43.9 Å². The van der Waals surface area contributed by atoms with E-state index in [1.54, 1.807) is 11.3 Å². The second-order valence-corrected chi connectivity index (χ2v) is 6.15. The molecular formula is C17H19NO2S. The monoisotopic (exact) mass is 301 g/mol. The van der Waals surface area contributed by atoms with Crippen LogP contribution in [-0.2, 0) is 0 Å². The second-order valence-electron chi connectivity index (χ2n) is 5.37. The summed E-state index contributed by atoms with van der Waals surface area (Å²) in [6, 6.07) is 11.8. The summed E-state index contributed by atoms with van der Waals surface area (Å²) in [6.45, 7) is 2.44. The van der Waals surface area contributed by atoms with E-state index in [1.807, 2.05) is 52.1 Å². The highest BCUT2D eigenvalue weighted by Gasteiger charge is 2.26. The van der Waals surface area contributed by atoms with Crippen LogP contribution in [-0.4, -0.2) is 30.5 Å². The first-order valence-electron chi connectivity index (χ1n) is 7.32. The van der Waals surface area contributed by atoms with Gasteiger partial charge in [-0.3, -0.25) is 4.79 Å². The van der Waals surface area contributed by atoms with E-state index >= 15 is 0 Å². The van der Waals surface area contributed by atoms with Crippen molar-refractivity contribution >= 4 is 17.2 Å². The molecule has 0 saturated carbocycles. The number of carbonyl (C=O) groups excluding carboxylic acids is 1. The van der Waals surface area contributed by atoms with Gasteiger partial charge in [-0.15, -0.1) is 0 Å². The standard InChI is InChI=1S/C17H19NO2S/c19-17(15-8-11-21-13-15)18-9-6-14(12-18)7-10-20-16-4-2-1-3-5-16/h1-5,8,11,13-14H,6-7,9-10,12H2/t14-/m1/s1. The van der Waals surface area contributed by atoms with E-state index in [0.29, 0.717) is 5.92 Å². The van der Waals surface area contributed by atoms with Crippen LogP contribution in [0.25, 0.3) is 0 Å². The van der Waals surface area contributed by atoms with E-state index in [1.165, 1.54) is 0 Å². The molecule has 3 rings (SSSR count). The normalized spacial score (nSPS) is 17.9. The minimum atomic E-state index is 0.169. The molecule has 1 saturated heterocycles. The Hall–Kier alpha value is -1.81. The summed E-state index contributed by atoms with van der Waals surface area (Å²) < 4.78 is 5.73. The first-order chi connectivity index (χ1) is 10.3. The molecule has 110 valence electrons. The Labute approximate surface area is 129 Å². The molecule has 1 aliphatic heterocycles. The smallest absolute Gasteiger partial charge is 0.254 e. The van der Waals surface area contributed by atoms with Gasteiger partial charge in [-0.25, -0.2) is 0 Å². The van der Waals surface area contributed by atoms with Gasteiger partial charge in [0, 0.05) is 18.5 Å². The first-order valence-corrected chi connectivity index (χ1v) is 8.26. The zero-order valence-electron chi connectivity index (χ0n) is 11.9. The van der Waals surface area contributed by atoms with Crippen molar-refractivity contribution in [2.24, 2.45) is 5.92 Å². The largest absolute Gasteiger partial charge is 0.494 e. The zero-order chi connectivity index (χ0) is 14.5. The maximum absolute atomic E-state index is 12.3. The van der Waals surface area contributed by atoms with Crippen LogP contribution in [0.15, 0.2) is 47.2 Å². The molecule has 21 heavy (non-hydrogen) atoms. The molecular weight excluding hydrogens is 282 g/mol. The molecule has 2 heterocycles. The Bertz CT molecular complexity index is 568. The van der Waals surface area contributed by atoms with Gasteiger partial charge in [-0.1, -0.05) is 18.2 Å². The van der Waals surface area contributed by atoms with Crippen molar-refractivity contribution in [1.29, 1.82) is 0 Å². The summed E-state index contributed by atoms with van der Waals surface area (Å²) in [6.07, 6.45) is 2.08. The van der Waals surface area contributed by atoms with Crippen molar-refractivity contribution in [1.82, 2.24) is 4.90 Å². The first kappa shape index (κ1) is 14.1. The fourth-order valence-electron chi connectivity index (χ4n) is 2.68. The molecule has 1 fully saturated rings. The highest BCUT2D eigenvalue weighted by atomic mass is 32.1. The molecule has 1 aliphatic rings. The maximum Gasteiger partial charge on any atom is 0.254 e. The number of rotatable bonds is 5. The SMILES string of the molecule is O=C(c1ccsc1)N1CC[C@H](CCOc2ccccc2)C1. The molecule has 0 spiro atoms. The number of hydrogen-bond donors (Lipinski definition) is 0. The van der Waals surface area contributed by atoms with Crippen molar-refractivity contribution in [3.8, 4) is 5.75 Å². The number of ether oxygens (including phenoxy) is 1. The lowest BCUT2D eigenvalue weighted by atomic mass is 10.1. The summed E-state index contributed by atoms with van der Waals surface area (Å²) in [5.74, 6) is 1.64. The topological polar surface area (TPSA) is 29.5 Å². The third-order valence-corrected chi connectivity index (χ3v) is 4.56. The quantitative estimate of drug-likeness (QED) is 0.843. The molecule has 0 aliphatic carbocycles. The number of para-hydroxylation sites is 1. The maximum atomic E-state index is 12.3. The molecule has 1 atom stereocenters. The van der Waals surface area contributed by atoms with Crippen molar-refractivity contribution in [2.45, 2.75) is 12.8 Å². The van der Waals surface area contributed by atoms with E-state index in [2.05, 4.69) is 0 Å². The van der Waals surface area contributed by atoms with E-state index < -0.39 is 0 Å². The second kappa shape index (κ2) is 6.76. The van der Waals surface area contributed by atoms with Crippen LogP contribution in [0.5, 0.6) is 5.75 Å². The zero-order valence-corrected chi connectivity index (χ0v) is 12.7. The Morgan fingerprint density at radius 1 is 1.29 bits per heavy atom. The average Bonchev–Trinajstić information content (AvgIpc) is 3.19. The Morgan fingerprint density at radius 2 is 2.14 bits per heavy atom. The number of amides is 1. The van der Waals surface area contributed by atoms with Gasteiger partial charge in [0.25, 0.3) is 5.91 Å². The average molecular weight is 301 g/mol. The summed E-state index contributed by atoms with van der Waals surface area (Å²) >= 11 is 1.57. The number of likely N-dealkylation sites (tertiary alicyclic amines) is 1. The van der Waals surface area contributed by atoms with Crippen molar-refractivity contribution < 1.29 is 9.53 Å². The molecule has 4 heteroatoms. The van der Waals surface area contributed by atoms with Crippen LogP contribution in [0.3, 0.4) is 0 Å². The third kappa shape index (κ3) is 3.64. The Morgan fingerprint density at radius 3 is 2.90 bits per heavy atom. The van der Waals surface area contributed by atoms with Crippen LogP contribution < -0.4 is 4.74 Å². The van der Waals surface area contributed by atoms with Gasteiger partial charge < -0.3 is 9.64 Å². The van der Waals surface area contributed by atoms with Crippen LogP contribution >= 0.6 is 11.3 Å². The minimum absolute atomic E-state index is 0.169. The van der Waals surface area contributed by atoms with Crippen LogP contribution in [0.4, 0.5) is 0 Å². The van der Waals surface area contributed by atoms with Gasteiger partial charge in [0.2, 0.25) is 0 Å². The molecule has 0 N–H and O–H groups in total. The summed E-state index contributed by atoms with van der Waals surface area (Å²) in [4.78, 5) is 14.2. The molecule has 0 bridgehead atoms. The number of thiophene rings is 1. The summed E-state index contributed by atoms with van der Waals surface area (Å²) in [5, 5.41) is 3.88. The van der Waals surface area contributed by atoms with Crippen molar-refractivity contribution in [3.63, 3.8) is 0 Å². The molecule has 3 nitrogen and oxygen atoms in total. The molecule has 1 amide bonds. The highest BCUT2D eigenvalue weighted by Crippen LogP contribution is 2.22. The van der Waals surface area contributed by atoms with Gasteiger partial charge in [0.1, 0.15) is 5.75 Å². The molecule has 0 unspecified atom stereocenters. The van der Waals surface area contributed by atoms with Crippen LogP contribution in [0.1, 0.15) is 23.2 Å². The summed E-state index contributed by atoms with van der Waals surface area (Å²) in [5.41, 5.74) is 0.821. The molecule has 2 aromatic rings. The molecule has 1 aromatic carbocycles. The van der Waals surface area contributed by atoms with Crippen molar-refractivity contribution in [3.05, 3.63) is 52.7 Å². The van der Waals surface area contributed by atoms with E-state index in [4.69, 9.17) is 4.74 Å². The van der Waals surface area contributed by atoms with Gasteiger partial charge in [-0.05, 0) is 42.3 Å². The Balaban J connectivity index is 1.44. The van der Waals surface area contributed by atoms with Gasteiger partial charge in [0.05, 0.1) is 12.2 Å². The predicted molar refractivity (Wildman–Crippen MR) is 84.9 cm³/mol. The number of nitrogens with zero attached hydrogens (tertiary/aromatic N) is 1. The lowest BCUT2D eigenvalue weighted by molar-refractivity contribution is 0.0786. The fraction of sp³-hybridized carbons (Fsp3) is 0.353. The minimum Gasteiger partial charge on any atom is -0.494 e. The predicted octanol–water partition coefficient (Wildman–Crippen LogP) is 3.68. The molecule has 1 aromatic heterocycles. The highest BCUT2D eigenvalue weighted by molar-refractivity contribution is 7.08.